The molecule has 2 N–H and O–H groups in total. The second-order valence-corrected chi connectivity index (χ2v) is 8.31. The first-order valence-corrected chi connectivity index (χ1v) is 10.9. The first-order valence-electron chi connectivity index (χ1n) is 10.9. The summed E-state index contributed by atoms with van der Waals surface area (Å²) < 4.78 is 10.6. The molecule has 0 atom stereocenters. The number of ether oxygens (including phenoxy) is 1. The monoisotopic (exact) mass is 426 g/mol. The summed E-state index contributed by atoms with van der Waals surface area (Å²) >= 11 is 0. The van der Waals surface area contributed by atoms with Crippen molar-refractivity contribution < 1.29 is 13.9 Å². The number of amides is 1. The molecular weight excluding hydrogens is 392 g/mol. The Morgan fingerprint density at radius 3 is 2.52 bits per heavy atom. The molecule has 0 unspecified atom stereocenters. The maximum absolute atomic E-state index is 12.9. The molecule has 1 aromatic carbocycles. The molecule has 1 heterocycles. The summed E-state index contributed by atoms with van der Waals surface area (Å²) in [6.07, 6.45) is 6.45. The van der Waals surface area contributed by atoms with Crippen molar-refractivity contribution in [1.29, 1.82) is 0 Å². The summed E-state index contributed by atoms with van der Waals surface area (Å²) in [4.78, 5) is 19.4. The van der Waals surface area contributed by atoms with Gasteiger partial charge < -0.3 is 24.7 Å². The number of hydrogen-bond donors (Lipinski definition) is 2. The van der Waals surface area contributed by atoms with Crippen LogP contribution in [-0.4, -0.2) is 51.1 Å². The van der Waals surface area contributed by atoms with E-state index in [0.29, 0.717) is 25.6 Å². The Morgan fingerprint density at radius 1 is 1.16 bits per heavy atom. The minimum Gasteiger partial charge on any atom is -0.497 e. The van der Waals surface area contributed by atoms with Gasteiger partial charge in [0.1, 0.15) is 11.5 Å². The molecule has 0 bridgehead atoms. The Labute approximate surface area is 184 Å². The van der Waals surface area contributed by atoms with E-state index in [1.807, 2.05) is 50.5 Å². The van der Waals surface area contributed by atoms with E-state index in [4.69, 9.17) is 14.1 Å². The number of guanidine groups is 1. The second kappa shape index (κ2) is 10.9. The van der Waals surface area contributed by atoms with Crippen molar-refractivity contribution in [1.82, 2.24) is 15.5 Å². The summed E-state index contributed by atoms with van der Waals surface area (Å²) in [5, 5.41) is 6.84. The van der Waals surface area contributed by atoms with Gasteiger partial charge in [-0.15, -0.1) is 0 Å². The Morgan fingerprint density at radius 2 is 1.90 bits per heavy atom. The first kappa shape index (κ1) is 22.7. The molecule has 0 aliphatic heterocycles. The number of methoxy groups -OCH3 is 1. The molecule has 2 aromatic rings. The molecule has 3 rings (SSSR count). The third kappa shape index (κ3) is 6.26. The standard InChI is InChI=1S/C24H34N4O3/c1-28(2)22(29)24(13-4-5-14-24)18-27-23(25-15-12-21-7-6-16-31-21)26-17-19-8-10-20(30-3)11-9-19/h6-11,16H,4-5,12-15,17-18H2,1-3H3,(H2,25,26,27). The van der Waals surface area contributed by atoms with Crippen LogP contribution in [0, 0.1) is 5.41 Å². The number of carbonyl (C=O) groups is 1. The highest BCUT2D eigenvalue weighted by molar-refractivity contribution is 5.85. The van der Waals surface area contributed by atoms with Crippen LogP contribution in [0.1, 0.15) is 37.0 Å². The Kier molecular flexibility index (Phi) is 7.98. The van der Waals surface area contributed by atoms with Crippen LogP contribution in [0.15, 0.2) is 52.1 Å². The van der Waals surface area contributed by atoms with Crippen molar-refractivity contribution in [2.75, 3.05) is 34.3 Å². The molecule has 7 nitrogen and oxygen atoms in total. The van der Waals surface area contributed by atoms with Gasteiger partial charge in [-0.25, -0.2) is 4.99 Å². The largest absolute Gasteiger partial charge is 0.497 e. The topological polar surface area (TPSA) is 79.1 Å². The van der Waals surface area contributed by atoms with Crippen molar-refractivity contribution in [2.24, 2.45) is 10.4 Å². The van der Waals surface area contributed by atoms with Crippen LogP contribution < -0.4 is 15.4 Å². The van der Waals surface area contributed by atoms with Gasteiger partial charge in [0.15, 0.2) is 5.96 Å². The van der Waals surface area contributed by atoms with E-state index in [2.05, 4.69) is 10.6 Å². The van der Waals surface area contributed by atoms with Crippen LogP contribution in [0.2, 0.25) is 0 Å². The van der Waals surface area contributed by atoms with Gasteiger partial charge in [0.2, 0.25) is 5.91 Å². The minimum atomic E-state index is -0.354. The molecule has 1 aliphatic rings. The van der Waals surface area contributed by atoms with E-state index in [9.17, 15) is 4.79 Å². The van der Waals surface area contributed by atoms with Crippen molar-refractivity contribution in [2.45, 2.75) is 38.6 Å². The molecule has 7 heteroatoms. The van der Waals surface area contributed by atoms with Gasteiger partial charge >= 0.3 is 0 Å². The zero-order valence-corrected chi connectivity index (χ0v) is 18.8. The Hall–Kier alpha value is -2.96. The van der Waals surface area contributed by atoms with Gasteiger partial charge in [-0.05, 0) is 42.7 Å². The molecule has 0 radical (unpaired) electrons. The van der Waals surface area contributed by atoms with Crippen molar-refractivity contribution in [3.8, 4) is 5.75 Å². The molecule has 31 heavy (non-hydrogen) atoms. The number of nitrogens with one attached hydrogen (secondary N) is 2. The lowest BCUT2D eigenvalue weighted by molar-refractivity contribution is -0.138. The molecule has 1 amide bonds. The fraction of sp³-hybridized carbons (Fsp3) is 0.500. The van der Waals surface area contributed by atoms with Gasteiger partial charge in [-0.3, -0.25) is 4.79 Å². The normalized spacial score (nSPS) is 15.5. The Balaban J connectivity index is 1.66. The lowest BCUT2D eigenvalue weighted by Gasteiger charge is -2.31. The van der Waals surface area contributed by atoms with Gasteiger partial charge in [0.25, 0.3) is 0 Å². The summed E-state index contributed by atoms with van der Waals surface area (Å²) in [6, 6.07) is 11.8. The maximum Gasteiger partial charge on any atom is 0.230 e. The van der Waals surface area contributed by atoms with Gasteiger partial charge in [0, 0.05) is 33.6 Å². The van der Waals surface area contributed by atoms with Crippen LogP contribution in [0.5, 0.6) is 5.75 Å². The van der Waals surface area contributed by atoms with Crippen LogP contribution >= 0.6 is 0 Å². The van der Waals surface area contributed by atoms with Gasteiger partial charge in [-0.1, -0.05) is 25.0 Å². The molecule has 0 spiro atoms. The zero-order chi connectivity index (χ0) is 22.1. The average Bonchev–Trinajstić information content (AvgIpc) is 3.48. The predicted molar refractivity (Wildman–Crippen MR) is 122 cm³/mol. The van der Waals surface area contributed by atoms with Crippen LogP contribution in [-0.2, 0) is 17.8 Å². The third-order valence-corrected chi connectivity index (χ3v) is 5.84. The molecule has 1 fully saturated rings. The second-order valence-electron chi connectivity index (χ2n) is 8.31. The lowest BCUT2D eigenvalue weighted by Crippen LogP contribution is -2.49. The van der Waals surface area contributed by atoms with Crippen LogP contribution in [0.3, 0.4) is 0 Å². The van der Waals surface area contributed by atoms with Gasteiger partial charge in [-0.2, -0.15) is 0 Å². The lowest BCUT2D eigenvalue weighted by atomic mass is 9.84. The molecule has 0 saturated heterocycles. The summed E-state index contributed by atoms with van der Waals surface area (Å²) in [5.41, 5.74) is 0.737. The average molecular weight is 427 g/mol. The van der Waals surface area contributed by atoms with E-state index in [0.717, 1.165) is 49.2 Å². The number of hydrogen-bond acceptors (Lipinski definition) is 4. The fourth-order valence-electron chi connectivity index (χ4n) is 4.08. The SMILES string of the molecule is COc1ccc(CN=C(NCCc2ccco2)NCC2(C(=O)N(C)C)CCCC2)cc1. The number of nitrogens with zero attached hydrogens (tertiary/aromatic N) is 2. The first-order chi connectivity index (χ1) is 15.0. The molecule has 1 saturated carbocycles. The molecule has 1 aromatic heterocycles. The van der Waals surface area contributed by atoms with E-state index < -0.39 is 0 Å². The highest BCUT2D eigenvalue weighted by Gasteiger charge is 2.42. The summed E-state index contributed by atoms with van der Waals surface area (Å²) in [7, 11) is 5.33. The number of rotatable bonds is 9. The number of benzene rings is 1. The quantitative estimate of drug-likeness (QED) is 0.475. The third-order valence-electron chi connectivity index (χ3n) is 5.84. The zero-order valence-electron chi connectivity index (χ0n) is 18.8. The highest BCUT2D eigenvalue weighted by Crippen LogP contribution is 2.38. The highest BCUT2D eigenvalue weighted by atomic mass is 16.5. The van der Waals surface area contributed by atoms with Crippen molar-refractivity contribution in [3.63, 3.8) is 0 Å². The van der Waals surface area contributed by atoms with Crippen LogP contribution in [0.4, 0.5) is 0 Å². The maximum atomic E-state index is 12.9. The summed E-state index contributed by atoms with van der Waals surface area (Å²) in [6.45, 7) is 1.81. The number of carbonyl (C=O) groups excluding carboxylic acids is 1. The van der Waals surface area contributed by atoms with Crippen molar-refractivity contribution in [3.05, 3.63) is 54.0 Å². The fourth-order valence-corrected chi connectivity index (χ4v) is 4.08. The smallest absolute Gasteiger partial charge is 0.230 e. The van der Waals surface area contributed by atoms with E-state index in [1.54, 1.807) is 18.3 Å². The van der Waals surface area contributed by atoms with E-state index in [1.165, 1.54) is 0 Å². The predicted octanol–water partition coefficient (Wildman–Crippen LogP) is 3.21. The van der Waals surface area contributed by atoms with Crippen LogP contribution in [0.25, 0.3) is 0 Å². The van der Waals surface area contributed by atoms with Gasteiger partial charge in [0.05, 0.1) is 25.3 Å². The van der Waals surface area contributed by atoms with E-state index >= 15 is 0 Å². The number of furan rings is 1. The minimum absolute atomic E-state index is 0.197. The molecule has 1 aliphatic carbocycles. The van der Waals surface area contributed by atoms with Crippen molar-refractivity contribution >= 4 is 11.9 Å². The number of aliphatic imine (C=N–C) groups is 1. The summed E-state index contributed by atoms with van der Waals surface area (Å²) in [5.74, 6) is 2.66. The Bertz CT molecular complexity index is 838. The molecular formula is C24H34N4O3. The van der Waals surface area contributed by atoms with E-state index in [-0.39, 0.29) is 11.3 Å². The molecule has 168 valence electrons.